The molecular weight excluding hydrogens is 729 g/mol. The first-order chi connectivity index (χ1) is 27.2. The van der Waals surface area contributed by atoms with E-state index in [1.54, 1.807) is 6.08 Å². The number of allylic oxidation sites excluding steroid dienone is 14. The number of phosphoric acid groups is 1. The second-order valence-electron chi connectivity index (χ2n) is 13.3. The smallest absolute Gasteiger partial charge is 0.462 e. The van der Waals surface area contributed by atoms with Crippen LogP contribution in [0.4, 0.5) is 0 Å². The molecule has 0 saturated heterocycles. The zero-order valence-electron chi connectivity index (χ0n) is 34.4. The lowest BCUT2D eigenvalue weighted by Crippen LogP contribution is -2.29. The molecule has 0 aliphatic heterocycles. The van der Waals surface area contributed by atoms with E-state index in [4.69, 9.17) is 24.3 Å². The average molecular weight is 804 g/mol. The molecule has 0 aliphatic carbocycles. The molecule has 0 aliphatic rings. The highest BCUT2D eigenvalue weighted by Gasteiger charge is 2.25. The van der Waals surface area contributed by atoms with Crippen molar-refractivity contribution in [2.24, 2.45) is 5.73 Å². The summed E-state index contributed by atoms with van der Waals surface area (Å²) in [5, 5.41) is 9.83. The number of aliphatic hydroxyl groups is 1. The monoisotopic (exact) mass is 804 g/mol. The molecule has 0 fully saturated rings. The van der Waals surface area contributed by atoms with Gasteiger partial charge in [0.2, 0.25) is 0 Å². The number of hydrogen-bond donors (Lipinski definition) is 3. The Morgan fingerprint density at radius 2 is 1.23 bits per heavy atom. The number of rotatable bonds is 37. The predicted octanol–water partition coefficient (Wildman–Crippen LogP) is 10.8. The first-order valence-corrected chi connectivity index (χ1v) is 22.3. The summed E-state index contributed by atoms with van der Waals surface area (Å²) >= 11 is 0. The van der Waals surface area contributed by atoms with E-state index in [1.807, 2.05) is 42.5 Å². The van der Waals surface area contributed by atoms with Gasteiger partial charge in [-0.2, -0.15) is 0 Å². The molecule has 0 bridgehead atoms. The van der Waals surface area contributed by atoms with E-state index < -0.39 is 38.6 Å². The molecule has 0 spiro atoms. The summed E-state index contributed by atoms with van der Waals surface area (Å²) in [7, 11) is -4.41. The predicted molar refractivity (Wildman–Crippen MR) is 230 cm³/mol. The summed E-state index contributed by atoms with van der Waals surface area (Å²) in [6.45, 7) is 3.35. The van der Waals surface area contributed by atoms with Gasteiger partial charge in [0.1, 0.15) is 6.61 Å². The van der Waals surface area contributed by atoms with E-state index in [1.165, 1.54) is 19.3 Å². The number of hydrogen-bond acceptors (Lipinski definition) is 9. The summed E-state index contributed by atoms with van der Waals surface area (Å²) in [5.74, 6) is -0.975. The first kappa shape index (κ1) is 52.9. The Hall–Kier alpha value is -3.11. The van der Waals surface area contributed by atoms with Gasteiger partial charge < -0.3 is 25.2 Å². The van der Waals surface area contributed by atoms with Crippen molar-refractivity contribution in [3.05, 3.63) is 97.2 Å². The minimum atomic E-state index is -4.41. The van der Waals surface area contributed by atoms with E-state index in [0.29, 0.717) is 19.3 Å². The molecule has 0 amide bonds. The molecule has 4 N–H and O–H groups in total. The molecule has 0 aromatic rings. The van der Waals surface area contributed by atoms with Crippen LogP contribution >= 0.6 is 7.82 Å². The second-order valence-corrected chi connectivity index (χ2v) is 14.8. The van der Waals surface area contributed by atoms with Crippen molar-refractivity contribution in [1.82, 2.24) is 0 Å². The molecule has 0 radical (unpaired) electrons. The highest BCUT2D eigenvalue weighted by molar-refractivity contribution is 7.47. The largest absolute Gasteiger partial charge is 0.472 e. The maximum absolute atomic E-state index is 12.6. The summed E-state index contributed by atoms with van der Waals surface area (Å²) in [6.07, 6.45) is 47.8. The van der Waals surface area contributed by atoms with Crippen molar-refractivity contribution in [2.75, 3.05) is 26.4 Å². The number of carbonyl (C=O) groups is 2. The normalized spacial score (nSPS) is 14.9. The lowest BCUT2D eigenvalue weighted by atomic mass is 10.1. The van der Waals surface area contributed by atoms with Gasteiger partial charge in [0.15, 0.2) is 6.10 Å². The molecule has 0 aromatic carbocycles. The topological polar surface area (TPSA) is 155 Å². The Kier molecular flexibility index (Phi) is 37.9. The average Bonchev–Trinajstić information content (AvgIpc) is 3.18. The summed E-state index contributed by atoms with van der Waals surface area (Å²) in [5.41, 5.74) is 5.33. The molecule has 318 valence electrons. The summed E-state index contributed by atoms with van der Waals surface area (Å²) in [4.78, 5) is 34.8. The Morgan fingerprint density at radius 3 is 1.88 bits per heavy atom. The third-order valence-electron chi connectivity index (χ3n) is 8.05. The Morgan fingerprint density at radius 1 is 0.643 bits per heavy atom. The van der Waals surface area contributed by atoms with E-state index in [2.05, 4.69) is 62.5 Å². The zero-order valence-corrected chi connectivity index (χ0v) is 35.3. The van der Waals surface area contributed by atoms with Crippen molar-refractivity contribution < 1.29 is 42.7 Å². The van der Waals surface area contributed by atoms with Crippen LogP contribution in [0.2, 0.25) is 0 Å². The minimum absolute atomic E-state index is 0.0299. The summed E-state index contributed by atoms with van der Waals surface area (Å²) in [6, 6.07) is 0. The number of aliphatic hydroxyl groups excluding tert-OH is 1. The van der Waals surface area contributed by atoms with Gasteiger partial charge in [-0.15, -0.1) is 0 Å². The van der Waals surface area contributed by atoms with Gasteiger partial charge in [0.05, 0.1) is 19.3 Å². The molecule has 0 saturated carbocycles. The molecule has 0 heterocycles. The fourth-order valence-electron chi connectivity index (χ4n) is 4.95. The van der Waals surface area contributed by atoms with Crippen LogP contribution < -0.4 is 5.73 Å². The van der Waals surface area contributed by atoms with Crippen molar-refractivity contribution in [3.8, 4) is 0 Å². The molecule has 56 heavy (non-hydrogen) atoms. The zero-order chi connectivity index (χ0) is 41.2. The molecule has 2 unspecified atom stereocenters. The number of phosphoric ester groups is 1. The Labute approximate surface area is 339 Å². The standard InChI is InChI=1S/C45H74NO9P/c1-3-5-7-8-9-10-11-12-13-16-20-23-26-29-33-37-45(49)55-43(41-54-56(50,51)53-39-38-46)40-52-44(48)36-32-28-25-22-19-17-14-15-18-21-24-27-31-35-42(47)34-30-6-4-2/h6,9-10,12-13,15,17-19,24-25,27-28,30-31,35,42-43,47H,3-5,7-8,11,14,16,20-23,26,29,32-34,36-41,46H2,1-2H3,(H,50,51)/b10-9-,13-12-,18-15-,19-17-,27-24+,28-25-,30-6-,35-31+/t42?,43-/m1/s1. The van der Waals surface area contributed by atoms with Crippen LogP contribution in [0.1, 0.15) is 136 Å². The molecule has 11 heteroatoms. The number of esters is 2. The third-order valence-corrected chi connectivity index (χ3v) is 9.03. The summed E-state index contributed by atoms with van der Waals surface area (Å²) < 4.78 is 32.6. The van der Waals surface area contributed by atoms with Crippen LogP contribution in [-0.4, -0.2) is 60.5 Å². The maximum Gasteiger partial charge on any atom is 0.472 e. The number of carbonyl (C=O) groups excluding carboxylic acids is 2. The number of nitrogens with two attached hydrogens (primary N) is 1. The maximum atomic E-state index is 12.6. The van der Waals surface area contributed by atoms with Gasteiger partial charge in [-0.05, 0) is 77.0 Å². The number of ether oxygens (including phenoxy) is 2. The minimum Gasteiger partial charge on any atom is -0.462 e. The SMILES string of the molecule is CC/C=C\CC(O)/C=C/C=C/C/C=C\C/C=C\C/C=C\CCC(=O)OC[C@H](COP(=O)(O)OCCN)OC(=O)CCCCCCC/C=C\C/C=C\CCCCC. The molecular formula is C45H74NO9P. The van der Waals surface area contributed by atoms with Gasteiger partial charge in [-0.1, -0.05) is 143 Å². The third kappa shape index (κ3) is 39.1. The number of unbranched alkanes of at least 4 members (excludes halogenated alkanes) is 8. The van der Waals surface area contributed by atoms with Crippen molar-refractivity contribution in [3.63, 3.8) is 0 Å². The fraction of sp³-hybridized carbons (Fsp3) is 0.600. The highest BCUT2D eigenvalue weighted by atomic mass is 31.2. The highest BCUT2D eigenvalue weighted by Crippen LogP contribution is 2.43. The molecule has 0 rings (SSSR count). The molecule has 0 aromatic heterocycles. The van der Waals surface area contributed by atoms with Crippen LogP contribution in [0.3, 0.4) is 0 Å². The second kappa shape index (κ2) is 40.1. The van der Waals surface area contributed by atoms with E-state index in [9.17, 15) is 24.2 Å². The van der Waals surface area contributed by atoms with Gasteiger partial charge in [0, 0.05) is 19.4 Å². The van der Waals surface area contributed by atoms with Gasteiger partial charge >= 0.3 is 19.8 Å². The van der Waals surface area contributed by atoms with Crippen LogP contribution in [0.5, 0.6) is 0 Å². The van der Waals surface area contributed by atoms with Gasteiger partial charge in [0.25, 0.3) is 0 Å². The van der Waals surface area contributed by atoms with Crippen LogP contribution in [-0.2, 0) is 32.7 Å². The Balaban J connectivity index is 4.39. The van der Waals surface area contributed by atoms with Gasteiger partial charge in [-0.3, -0.25) is 18.6 Å². The Bertz CT molecular complexity index is 1250. The lowest BCUT2D eigenvalue weighted by molar-refractivity contribution is -0.161. The quantitative estimate of drug-likeness (QED) is 0.0182. The van der Waals surface area contributed by atoms with Crippen LogP contribution in [0.15, 0.2) is 97.2 Å². The van der Waals surface area contributed by atoms with Crippen molar-refractivity contribution in [2.45, 2.75) is 148 Å². The van der Waals surface area contributed by atoms with Crippen molar-refractivity contribution >= 4 is 19.8 Å². The lowest BCUT2D eigenvalue weighted by Gasteiger charge is -2.19. The van der Waals surface area contributed by atoms with Gasteiger partial charge in [-0.25, -0.2) is 4.57 Å². The van der Waals surface area contributed by atoms with Crippen molar-refractivity contribution in [1.29, 1.82) is 0 Å². The molecule has 3 atom stereocenters. The van der Waals surface area contributed by atoms with Crippen LogP contribution in [0, 0.1) is 0 Å². The van der Waals surface area contributed by atoms with E-state index in [0.717, 1.165) is 70.6 Å². The molecule has 10 nitrogen and oxygen atoms in total. The van der Waals surface area contributed by atoms with Crippen LogP contribution in [0.25, 0.3) is 0 Å². The van der Waals surface area contributed by atoms with E-state index in [-0.39, 0.29) is 32.6 Å². The van der Waals surface area contributed by atoms with E-state index >= 15 is 0 Å². The fourth-order valence-corrected chi connectivity index (χ4v) is 5.71. The first-order valence-electron chi connectivity index (χ1n) is 20.8.